The summed E-state index contributed by atoms with van der Waals surface area (Å²) < 4.78 is 85.7. The maximum atomic E-state index is 15.7. The smallest absolute Gasteiger partial charge is 0.407 e. The van der Waals surface area contributed by atoms with E-state index in [0.717, 1.165) is 11.1 Å². The number of nitrogens with one attached hydrogen (secondary N) is 12. The van der Waals surface area contributed by atoms with E-state index in [1.165, 1.54) is 9.80 Å². The number of fused-ring (bicyclic) bond motifs is 2. The Labute approximate surface area is 702 Å². The summed E-state index contributed by atoms with van der Waals surface area (Å²) in [7, 11) is -8.81. The number of amides is 8. The van der Waals surface area contributed by atoms with Gasteiger partial charge in [0.2, 0.25) is 53.3 Å². The minimum absolute atomic E-state index is 0.00903. The van der Waals surface area contributed by atoms with Crippen LogP contribution in [-0.2, 0) is 82.4 Å². The van der Waals surface area contributed by atoms with Gasteiger partial charge in [-0.2, -0.15) is 0 Å². The lowest BCUT2D eigenvalue weighted by Crippen LogP contribution is -2.60. The van der Waals surface area contributed by atoms with Crippen LogP contribution in [0.5, 0.6) is 17.2 Å². The second kappa shape index (κ2) is 40.2. The summed E-state index contributed by atoms with van der Waals surface area (Å²) in [6.07, 6.45) is 1.98. The number of hydrogen-bond donors (Lipinski definition) is 14. The number of alkyl carbamates (subject to hydrolysis) is 1. The maximum absolute atomic E-state index is 15.7. The first-order valence-electron chi connectivity index (χ1n) is 41.5. The molecule has 8 amide bonds. The van der Waals surface area contributed by atoms with Gasteiger partial charge in [-0.1, -0.05) is 46.2 Å². The van der Waals surface area contributed by atoms with Crippen LogP contribution in [0.1, 0.15) is 230 Å². The van der Waals surface area contributed by atoms with Crippen molar-refractivity contribution in [1.82, 2.24) is 61.8 Å². The Morgan fingerprint density at radius 2 is 1.03 bits per heavy atom. The number of guanidine groups is 2. The molecule has 33 nitrogen and oxygen atoms in total. The first-order chi connectivity index (χ1) is 55.3. The molecule has 4 heterocycles. The first-order valence-corrected chi connectivity index (χ1v) is 44.4. The molecule has 2 fully saturated rings. The summed E-state index contributed by atoms with van der Waals surface area (Å²) in [5.41, 5.74) is 9.13. The SMILES string of the molecule is CC[C@H](C)[C@H](NC(=O)[C@H](Cc1ccc(OC(C)(C)C)cc1)NC(=O)[C@@H]1CCCN1C(=O)[C@H](CCCNC(=N)NS(=O)(=O)c1c(C)c(C)c2c(c1C)CC(C)(C)O2)NC(=O)[C@H](CCCNC(=N)NS(=O)(=O)c1c(C)c(C)c2c(c1C)CC(C)(C)O2)NC(=O)[C@@H]1CCCN1C(=O)[C@@H](N)CCCCNC(=O)OC(C)(C)C)C(=O)N[C@@H](CC(C)C)C(=O)O. The van der Waals surface area contributed by atoms with Crippen molar-refractivity contribution in [3.8, 4) is 17.2 Å². The molecule has 3 aromatic carbocycles. The largest absolute Gasteiger partial charge is 0.488 e. The predicted octanol–water partition coefficient (Wildman–Crippen LogP) is 6.86. The molecule has 35 heteroatoms. The van der Waals surface area contributed by atoms with E-state index < -0.39 is 162 Å². The van der Waals surface area contributed by atoms with Crippen LogP contribution in [0.3, 0.4) is 0 Å². The van der Waals surface area contributed by atoms with Gasteiger partial charge in [-0.05, 0) is 251 Å². The van der Waals surface area contributed by atoms with E-state index in [-0.39, 0.29) is 113 Å². The number of sulfonamides is 2. The number of carbonyl (C=O) groups excluding carboxylic acids is 8. The van der Waals surface area contributed by atoms with Crippen molar-refractivity contribution in [2.75, 3.05) is 32.7 Å². The number of nitrogens with two attached hydrogens (primary N) is 1. The Morgan fingerprint density at radius 3 is 1.49 bits per heavy atom. The Kier molecular flexibility index (Phi) is 32.7. The molecule has 119 heavy (non-hydrogen) atoms. The van der Waals surface area contributed by atoms with E-state index in [4.69, 9.17) is 35.5 Å². The summed E-state index contributed by atoms with van der Waals surface area (Å²) in [6.45, 7) is 35.9. The van der Waals surface area contributed by atoms with Gasteiger partial charge in [0.05, 0.1) is 15.8 Å². The number of hydrogen-bond acceptors (Lipinski definition) is 20. The third kappa shape index (κ3) is 26.3. The molecule has 0 bridgehead atoms. The maximum Gasteiger partial charge on any atom is 0.407 e. The zero-order valence-corrected chi connectivity index (χ0v) is 74.7. The third-order valence-electron chi connectivity index (χ3n) is 21.9. The van der Waals surface area contributed by atoms with Crippen molar-refractivity contribution < 1.29 is 84.0 Å². The molecule has 0 spiro atoms. The van der Waals surface area contributed by atoms with Crippen molar-refractivity contribution in [2.45, 2.75) is 322 Å². The minimum atomic E-state index is -4.42. The quantitative estimate of drug-likeness (QED) is 0.0159. The number of rotatable bonds is 37. The highest BCUT2D eigenvalue weighted by Gasteiger charge is 2.44. The number of nitrogens with zero attached hydrogens (tertiary/aromatic N) is 2. The molecule has 0 unspecified atom stereocenters. The molecule has 0 aromatic heterocycles. The van der Waals surface area contributed by atoms with E-state index >= 15 is 14.4 Å². The molecule has 0 radical (unpaired) electrons. The van der Waals surface area contributed by atoms with E-state index in [9.17, 15) is 50.7 Å². The van der Waals surface area contributed by atoms with Crippen LogP contribution >= 0.6 is 0 Å². The summed E-state index contributed by atoms with van der Waals surface area (Å²) in [4.78, 5) is 132. The lowest BCUT2D eigenvalue weighted by molar-refractivity contribution is -0.143. The molecule has 15 N–H and O–H groups in total. The number of unbranched alkanes of at least 4 members (excludes halogenated alkanes) is 1. The fourth-order valence-corrected chi connectivity index (χ4v) is 18.7. The van der Waals surface area contributed by atoms with Gasteiger partial charge in [-0.15, -0.1) is 0 Å². The van der Waals surface area contributed by atoms with E-state index in [1.807, 2.05) is 48.5 Å². The fourth-order valence-electron chi connectivity index (χ4n) is 15.7. The highest BCUT2D eigenvalue weighted by Crippen LogP contribution is 2.45. The predicted molar refractivity (Wildman–Crippen MR) is 451 cm³/mol. The molecule has 4 aliphatic heterocycles. The molecular weight excluding hydrogens is 1570 g/mol. The van der Waals surface area contributed by atoms with E-state index in [1.54, 1.807) is 114 Å². The standard InChI is InChI=1S/C84H131N15O18S2/c1-21-47(4)65(74(104)94-62(77(107)108)42-46(2)3)95-71(101)61(43-54-33-35-55(36-34-54)114-81(11,12)13)93-73(103)64-32-27-41-99(64)76(106)60(30-25-39-89-79(87)97-119(112,113)69-51(8)49(6)67-57(53(69)10)45-84(19,20)116-67)92-70(100)59(91-72(102)63-31-26-40-98(63)75(105)58(85)28-22-23-37-90-80(109)117-82(14,15)16)29-24-38-88-78(86)96-118(110,111)68-50(7)48(5)66-56(52(68)9)44-83(17,18)115-66/h33-36,46-47,58-65H,21-32,37-45,85H2,1-20H3,(H,90,109)(H,91,102)(H,92,100)(H,93,103)(H,94,104)(H,95,101)(H,107,108)(H3,86,88,96)(H3,87,89,97)/t47-,58-,59-,60-,61-,62-,63-,64-,65-/m0/s1. The molecule has 2 saturated heterocycles. The van der Waals surface area contributed by atoms with Crippen molar-refractivity contribution in [1.29, 1.82) is 10.8 Å². The number of benzene rings is 3. The van der Waals surface area contributed by atoms with Crippen molar-refractivity contribution in [2.24, 2.45) is 17.6 Å². The van der Waals surface area contributed by atoms with E-state index in [0.29, 0.717) is 94.7 Å². The van der Waals surface area contributed by atoms with Crippen molar-refractivity contribution in [3.05, 3.63) is 74.3 Å². The molecule has 3 aromatic rings. The molecular formula is C84H131N15O18S2. The van der Waals surface area contributed by atoms with Crippen LogP contribution in [0.4, 0.5) is 4.79 Å². The van der Waals surface area contributed by atoms with Crippen LogP contribution in [0, 0.1) is 64.2 Å². The summed E-state index contributed by atoms with van der Waals surface area (Å²) in [6, 6.07) is -3.70. The highest BCUT2D eigenvalue weighted by atomic mass is 32.2. The van der Waals surface area contributed by atoms with Gasteiger partial charge in [-0.25, -0.2) is 35.9 Å². The summed E-state index contributed by atoms with van der Waals surface area (Å²) >= 11 is 0. The van der Waals surface area contributed by atoms with Crippen LogP contribution in [0.15, 0.2) is 34.1 Å². The van der Waals surface area contributed by atoms with Crippen molar-refractivity contribution in [3.63, 3.8) is 0 Å². The van der Waals surface area contributed by atoms with E-state index in [2.05, 4.69) is 52.0 Å². The molecule has 9 atom stereocenters. The number of carboxylic acid groups (broad SMARTS) is 1. The van der Waals surface area contributed by atoms with Crippen LogP contribution in [0.25, 0.3) is 0 Å². The molecule has 0 aliphatic carbocycles. The number of carboxylic acids is 1. The third-order valence-corrected chi connectivity index (χ3v) is 25.2. The topological polar surface area (TPSA) is 480 Å². The summed E-state index contributed by atoms with van der Waals surface area (Å²) in [5, 5.41) is 50.1. The van der Waals surface area contributed by atoms with Gasteiger partial charge >= 0.3 is 12.1 Å². The Balaban J connectivity index is 1.19. The Hall–Kier alpha value is -9.51. The second-order valence-corrected chi connectivity index (χ2v) is 39.0. The number of aliphatic carboxylic acids is 1. The van der Waals surface area contributed by atoms with Crippen LogP contribution < -0.4 is 71.9 Å². The first kappa shape index (κ1) is 96.6. The van der Waals surface area contributed by atoms with Gasteiger partial charge in [0.25, 0.3) is 20.0 Å². The zero-order valence-electron chi connectivity index (χ0n) is 73.1. The lowest BCUT2D eigenvalue weighted by Gasteiger charge is -2.32. The number of ether oxygens (including phenoxy) is 4. The Morgan fingerprint density at radius 1 is 0.571 bits per heavy atom. The number of carbonyl (C=O) groups is 9. The molecule has 662 valence electrons. The van der Waals surface area contributed by atoms with Gasteiger partial charge in [-0.3, -0.25) is 44.4 Å². The monoisotopic (exact) mass is 1700 g/mol. The lowest BCUT2D eigenvalue weighted by atomic mass is 9.94. The van der Waals surface area contributed by atoms with Gasteiger partial charge in [0.1, 0.15) is 81.9 Å². The van der Waals surface area contributed by atoms with Crippen LogP contribution in [-0.4, -0.2) is 201 Å². The highest BCUT2D eigenvalue weighted by molar-refractivity contribution is 7.90. The van der Waals surface area contributed by atoms with Crippen molar-refractivity contribution >= 4 is 85.4 Å². The van der Waals surface area contributed by atoms with Gasteiger partial charge in [0, 0.05) is 63.1 Å². The average molecular weight is 1700 g/mol. The Bertz CT molecular complexity index is 4500. The average Bonchev–Trinajstić information content (AvgIpc) is 1.63. The fraction of sp³-hybridized carbons (Fsp3) is 0.655. The molecule has 0 saturated carbocycles. The second-order valence-electron chi connectivity index (χ2n) is 35.8. The molecule has 7 rings (SSSR count). The normalized spacial score (nSPS) is 17.9. The van der Waals surface area contributed by atoms with Gasteiger partial charge < -0.3 is 82.1 Å². The van der Waals surface area contributed by atoms with Crippen LogP contribution in [0.2, 0.25) is 0 Å². The minimum Gasteiger partial charge on any atom is -0.488 e. The summed E-state index contributed by atoms with van der Waals surface area (Å²) in [5.74, 6) is -6.74. The molecule has 4 aliphatic rings. The zero-order chi connectivity index (χ0) is 88.9. The van der Waals surface area contributed by atoms with Gasteiger partial charge in [0.15, 0.2) is 0 Å². The number of likely N-dealkylation sites (tertiary alicyclic amines) is 2.